The smallest absolute Gasteiger partial charge is 0.215 e. The molecule has 8 heteroatoms. The van der Waals surface area contributed by atoms with Crippen molar-refractivity contribution in [2.45, 2.75) is 92.4 Å². The quantitative estimate of drug-likeness (QED) is 0.101. The number of para-hydroxylation sites is 2. The van der Waals surface area contributed by atoms with E-state index in [1.165, 1.54) is 39.1 Å². The Morgan fingerprint density at radius 3 is 1.99 bits per heavy atom. The number of hydrogen-bond acceptors (Lipinski definition) is 4. The zero-order valence-electron chi connectivity index (χ0n) is 42.1. The van der Waals surface area contributed by atoms with E-state index in [-0.39, 0.29) is 25.9 Å². The van der Waals surface area contributed by atoms with Gasteiger partial charge in [0.1, 0.15) is 0 Å². The Kier molecular flexibility index (Phi) is 14.1. The number of aromatic nitrogens is 4. The van der Waals surface area contributed by atoms with E-state index in [4.69, 9.17) is 10.8 Å². The van der Waals surface area contributed by atoms with Crippen molar-refractivity contribution < 1.29 is 30.3 Å². The van der Waals surface area contributed by atoms with Crippen molar-refractivity contribution in [1.82, 2.24) is 19.5 Å². The molecule has 5 nitrogen and oxygen atoms in total. The zero-order valence-corrected chi connectivity index (χ0v) is 44.5. The second-order valence-electron chi connectivity index (χ2n) is 19.7. The van der Waals surface area contributed by atoms with Gasteiger partial charge in [-0.3, -0.25) is 9.37 Å². The van der Waals surface area contributed by atoms with Crippen molar-refractivity contribution in [3.63, 3.8) is 0 Å². The van der Waals surface area contributed by atoms with E-state index in [2.05, 4.69) is 159 Å². The van der Waals surface area contributed by atoms with Gasteiger partial charge in [0, 0.05) is 51.1 Å². The maximum atomic E-state index is 14.4. The largest absolute Gasteiger partial charge is 0.459 e. The standard InChI is InChI=1S/C38H34N3O.C23H25FNSi.Ir/c1-23(2)31-19-28(26-11-7-6-8-12-26)20-32(24(3)4)33(31)22-41-35-14-10-9-13-34(35)40-37(41)27-16-18-29-30-17-15-25(5)39-38(30)42-36(29)21-27;1-16(2)19-14-22(25-15-23(19)26(3,4)5)18-11-12-21(24)20(13-18)17-9-7-6-8-10-17;/h6-20,23-24H,22H2,1-5H3;6-10,12-16H,1-5H3;/q2*-1;/i;16D;. The van der Waals surface area contributed by atoms with Gasteiger partial charge in [-0.25, -0.2) is 4.98 Å². The summed E-state index contributed by atoms with van der Waals surface area (Å²) in [7, 11) is -1.64. The van der Waals surface area contributed by atoms with Crippen LogP contribution in [0.3, 0.4) is 0 Å². The summed E-state index contributed by atoms with van der Waals surface area (Å²) in [5.41, 5.74) is 15.7. The number of aryl methyl sites for hydroxylation is 1. The van der Waals surface area contributed by atoms with Crippen LogP contribution in [-0.4, -0.2) is 27.6 Å². The van der Waals surface area contributed by atoms with Crippen LogP contribution in [0.1, 0.15) is 88.6 Å². The molecule has 0 N–H and O–H groups in total. The van der Waals surface area contributed by atoms with E-state index in [1.54, 1.807) is 6.07 Å². The molecule has 0 fully saturated rings. The van der Waals surface area contributed by atoms with Crippen molar-refractivity contribution in [3.8, 4) is 44.9 Å². The van der Waals surface area contributed by atoms with Crippen molar-refractivity contribution in [3.05, 3.63) is 192 Å². The van der Waals surface area contributed by atoms with E-state index in [1.807, 2.05) is 69.4 Å². The molecule has 4 heterocycles. The van der Waals surface area contributed by atoms with Crippen molar-refractivity contribution in [2.24, 2.45) is 0 Å². The Hall–Kier alpha value is -6.31. The normalized spacial score (nSPS) is 12.1. The van der Waals surface area contributed by atoms with Crippen LogP contribution < -0.4 is 5.19 Å². The predicted octanol–water partition coefficient (Wildman–Crippen LogP) is 16.1. The molecule has 4 aromatic heterocycles. The van der Waals surface area contributed by atoms with E-state index in [0.29, 0.717) is 28.7 Å². The van der Waals surface area contributed by atoms with Gasteiger partial charge < -0.3 is 14.0 Å². The fraction of sp³-hybridized carbons (Fsp3) is 0.230. The predicted molar refractivity (Wildman–Crippen MR) is 284 cm³/mol. The van der Waals surface area contributed by atoms with Gasteiger partial charge in [-0.05, 0) is 87.1 Å². The fourth-order valence-electron chi connectivity index (χ4n) is 9.21. The van der Waals surface area contributed by atoms with Crippen molar-refractivity contribution in [2.75, 3.05) is 0 Å². The summed E-state index contributed by atoms with van der Waals surface area (Å²) in [5, 5.41) is 3.22. The molecule has 0 spiro atoms. The number of furan rings is 1. The zero-order chi connectivity index (χ0) is 48.8. The van der Waals surface area contributed by atoms with E-state index < -0.39 is 14.0 Å². The Labute approximate surface area is 422 Å². The molecule has 0 bridgehead atoms. The minimum Gasteiger partial charge on any atom is -0.459 e. The molecular formula is C61H59FIrN4OSi-2. The van der Waals surface area contributed by atoms with Crippen LogP contribution in [0.4, 0.5) is 4.39 Å². The number of nitrogens with zero attached hydrogens (tertiary/aromatic N) is 4. The van der Waals surface area contributed by atoms with Gasteiger partial charge in [0.15, 0.2) is 0 Å². The first-order chi connectivity index (χ1) is 32.9. The number of halogens is 1. The molecule has 0 saturated carbocycles. The number of rotatable bonds is 10. The molecular weight excluding hydrogens is 1040 g/mol. The minimum absolute atomic E-state index is 0. The molecule has 351 valence electrons. The second kappa shape index (κ2) is 20.3. The minimum atomic E-state index is -1.64. The molecule has 0 amide bonds. The first kappa shape index (κ1) is 47.7. The third-order valence-electron chi connectivity index (χ3n) is 12.8. The Balaban J connectivity index is 0.000000204. The molecule has 10 rings (SSSR count). The van der Waals surface area contributed by atoms with Gasteiger partial charge in [-0.15, -0.1) is 41.5 Å². The SMILES string of the molecule is Cc1ccc2c(n1)oc1[c-]c(-c3nc4ccccc4n3Cc3c(C(C)C)cc(-c4ccccc4)cc3C(C)C)ccc12.[2H]C(C)(C)c1cc(-c2[c-]cc(F)c(-c3ccccc3)c2)ncc1[Si](C)(C)C.[Ir]. The Bertz CT molecular complexity index is 3450. The topological polar surface area (TPSA) is 56.7 Å². The summed E-state index contributed by atoms with van der Waals surface area (Å²) >= 11 is 0. The number of hydrogen-bond donors (Lipinski definition) is 0. The molecule has 0 aliphatic rings. The third-order valence-corrected chi connectivity index (χ3v) is 14.8. The third kappa shape index (κ3) is 10.2. The van der Waals surface area contributed by atoms with E-state index >= 15 is 0 Å². The molecule has 0 aliphatic carbocycles. The first-order valence-corrected chi connectivity index (χ1v) is 27.1. The van der Waals surface area contributed by atoms with Crippen molar-refractivity contribution in [1.29, 1.82) is 0 Å². The molecule has 69 heavy (non-hydrogen) atoms. The Morgan fingerprint density at radius 2 is 1.33 bits per heavy atom. The average Bonchev–Trinajstić information content (AvgIpc) is 3.88. The van der Waals surface area contributed by atoms with Crippen LogP contribution in [0.5, 0.6) is 0 Å². The van der Waals surface area contributed by atoms with Crippen LogP contribution in [-0.2, 0) is 26.7 Å². The van der Waals surface area contributed by atoms with Gasteiger partial charge in [0.05, 0.1) is 30.5 Å². The maximum Gasteiger partial charge on any atom is 0.215 e. The van der Waals surface area contributed by atoms with E-state index in [0.717, 1.165) is 67.8 Å². The summed E-state index contributed by atoms with van der Waals surface area (Å²) in [6.45, 7) is 22.5. The maximum absolute atomic E-state index is 14.4. The van der Waals surface area contributed by atoms with Crippen molar-refractivity contribution >= 4 is 46.4 Å². The molecule has 6 aromatic carbocycles. The molecule has 0 unspecified atom stereocenters. The van der Waals surface area contributed by atoms with Gasteiger partial charge in [0.2, 0.25) is 5.71 Å². The van der Waals surface area contributed by atoms with Gasteiger partial charge >= 0.3 is 0 Å². The van der Waals surface area contributed by atoms with Crippen LogP contribution in [0.25, 0.3) is 78.0 Å². The van der Waals surface area contributed by atoms with Gasteiger partial charge in [0.25, 0.3) is 0 Å². The number of imidazole rings is 1. The molecule has 1 radical (unpaired) electrons. The summed E-state index contributed by atoms with van der Waals surface area (Å²) in [4.78, 5) is 14.4. The van der Waals surface area contributed by atoms with Crippen LogP contribution >= 0.6 is 0 Å². The second-order valence-corrected chi connectivity index (χ2v) is 24.7. The number of benzene rings is 6. The molecule has 0 atom stereocenters. The molecule has 0 aliphatic heterocycles. The fourth-order valence-corrected chi connectivity index (χ4v) is 10.8. The number of fused-ring (bicyclic) bond motifs is 4. The summed E-state index contributed by atoms with van der Waals surface area (Å²) < 4.78 is 31.5. The van der Waals surface area contributed by atoms with E-state index in [9.17, 15) is 4.39 Å². The van der Waals surface area contributed by atoms with Gasteiger partial charge in [-0.2, -0.15) is 0 Å². The summed E-state index contributed by atoms with van der Waals surface area (Å²) in [5.74, 6) is 0.599. The number of pyridine rings is 2. The van der Waals surface area contributed by atoms with Gasteiger partial charge in [-0.1, -0.05) is 181 Å². The molecule has 10 aromatic rings. The van der Waals surface area contributed by atoms with Crippen LogP contribution in [0, 0.1) is 24.9 Å². The average molecular weight is 1100 g/mol. The Morgan fingerprint density at radius 1 is 0.696 bits per heavy atom. The summed E-state index contributed by atoms with van der Waals surface area (Å²) in [6.07, 6.45) is 1.91. The monoisotopic (exact) mass is 1100 g/mol. The van der Waals surface area contributed by atoms with Crippen LogP contribution in [0.2, 0.25) is 19.6 Å². The van der Waals surface area contributed by atoms with Crippen LogP contribution in [0.15, 0.2) is 150 Å². The first-order valence-electron chi connectivity index (χ1n) is 24.1. The summed E-state index contributed by atoms with van der Waals surface area (Å²) in [6, 6.07) is 53.4. The molecule has 0 saturated heterocycles.